The molecule has 2 rings (SSSR count). The number of rotatable bonds is 1. The summed E-state index contributed by atoms with van der Waals surface area (Å²) in [6.07, 6.45) is 4.47. The van der Waals surface area contributed by atoms with Gasteiger partial charge in [-0.3, -0.25) is 4.98 Å². The van der Waals surface area contributed by atoms with Gasteiger partial charge in [-0.15, -0.1) is 0 Å². The Bertz CT molecular complexity index is 409. The Kier molecular flexibility index (Phi) is 2.19. The molecule has 0 aromatic carbocycles. The van der Waals surface area contributed by atoms with Crippen molar-refractivity contribution in [1.82, 2.24) is 4.98 Å². The second kappa shape index (κ2) is 3.38. The molecule has 1 aliphatic heterocycles. The van der Waals surface area contributed by atoms with Gasteiger partial charge in [0.2, 0.25) is 0 Å². The molecular formula is C11H11NO3. The minimum Gasteiger partial charge on any atom is -0.420 e. The van der Waals surface area contributed by atoms with Gasteiger partial charge in [0.25, 0.3) is 0 Å². The molecule has 0 atom stereocenters. The summed E-state index contributed by atoms with van der Waals surface area (Å²) >= 11 is 0. The molecule has 0 N–H and O–H groups in total. The SMILES string of the molecule is CC1(C)OC(=O)O/C1=C\c1cccnc1. The summed E-state index contributed by atoms with van der Waals surface area (Å²) in [5, 5.41) is 0. The molecule has 0 unspecified atom stereocenters. The number of carbonyl (C=O) groups excluding carboxylic acids is 1. The van der Waals surface area contributed by atoms with Crippen LogP contribution in [0.15, 0.2) is 30.3 Å². The Labute approximate surface area is 87.5 Å². The number of pyridine rings is 1. The van der Waals surface area contributed by atoms with Crippen molar-refractivity contribution >= 4 is 12.2 Å². The highest BCUT2D eigenvalue weighted by Gasteiger charge is 2.39. The molecule has 0 bridgehead atoms. The van der Waals surface area contributed by atoms with E-state index in [0.717, 1.165) is 5.56 Å². The second-order valence-corrected chi connectivity index (χ2v) is 3.76. The van der Waals surface area contributed by atoms with Crippen molar-refractivity contribution in [3.8, 4) is 0 Å². The van der Waals surface area contributed by atoms with E-state index < -0.39 is 11.8 Å². The lowest BCUT2D eigenvalue weighted by Crippen LogP contribution is -2.20. The third kappa shape index (κ3) is 1.98. The summed E-state index contributed by atoms with van der Waals surface area (Å²) in [4.78, 5) is 14.9. The topological polar surface area (TPSA) is 48.4 Å². The van der Waals surface area contributed by atoms with Crippen molar-refractivity contribution in [3.05, 3.63) is 35.8 Å². The van der Waals surface area contributed by atoms with Gasteiger partial charge in [-0.2, -0.15) is 0 Å². The van der Waals surface area contributed by atoms with Gasteiger partial charge in [-0.25, -0.2) is 4.79 Å². The summed E-state index contributed by atoms with van der Waals surface area (Å²) in [5.41, 5.74) is 0.172. The third-order valence-electron chi connectivity index (χ3n) is 2.11. The number of hydrogen-bond donors (Lipinski definition) is 0. The molecule has 1 saturated heterocycles. The van der Waals surface area contributed by atoms with Crippen LogP contribution in [-0.4, -0.2) is 16.7 Å². The fourth-order valence-electron chi connectivity index (χ4n) is 1.31. The van der Waals surface area contributed by atoms with E-state index in [4.69, 9.17) is 9.47 Å². The Morgan fingerprint density at radius 3 is 2.80 bits per heavy atom. The number of nitrogens with zero attached hydrogens (tertiary/aromatic N) is 1. The zero-order valence-electron chi connectivity index (χ0n) is 8.56. The van der Waals surface area contributed by atoms with Crippen molar-refractivity contribution in [2.24, 2.45) is 0 Å². The van der Waals surface area contributed by atoms with Crippen molar-refractivity contribution in [2.45, 2.75) is 19.4 Å². The fourth-order valence-corrected chi connectivity index (χ4v) is 1.31. The van der Waals surface area contributed by atoms with Crippen molar-refractivity contribution < 1.29 is 14.3 Å². The lowest BCUT2D eigenvalue weighted by molar-refractivity contribution is 0.0873. The van der Waals surface area contributed by atoms with E-state index in [1.54, 1.807) is 32.3 Å². The van der Waals surface area contributed by atoms with Crippen molar-refractivity contribution in [2.75, 3.05) is 0 Å². The van der Waals surface area contributed by atoms with Crippen LogP contribution >= 0.6 is 0 Å². The largest absolute Gasteiger partial charge is 0.514 e. The maximum absolute atomic E-state index is 11.0. The van der Waals surface area contributed by atoms with Gasteiger partial charge in [0.1, 0.15) is 0 Å². The number of hydrogen-bond acceptors (Lipinski definition) is 4. The maximum atomic E-state index is 11.0. The number of cyclic esters (lactones) is 2. The fraction of sp³-hybridized carbons (Fsp3) is 0.273. The molecule has 0 aliphatic carbocycles. The Hall–Kier alpha value is -1.84. The molecular weight excluding hydrogens is 194 g/mol. The van der Waals surface area contributed by atoms with E-state index in [0.29, 0.717) is 5.76 Å². The zero-order valence-corrected chi connectivity index (χ0v) is 8.56. The summed E-state index contributed by atoms with van der Waals surface area (Å²) in [7, 11) is 0. The lowest BCUT2D eigenvalue weighted by Gasteiger charge is -2.13. The highest BCUT2D eigenvalue weighted by molar-refractivity contribution is 5.69. The highest BCUT2D eigenvalue weighted by Crippen LogP contribution is 2.31. The molecule has 0 saturated carbocycles. The normalized spacial score (nSPS) is 21.2. The number of carbonyl (C=O) groups is 1. The Morgan fingerprint density at radius 1 is 1.47 bits per heavy atom. The summed E-state index contributed by atoms with van der Waals surface area (Å²) < 4.78 is 9.94. The van der Waals surface area contributed by atoms with Crippen LogP contribution in [0.25, 0.3) is 6.08 Å². The predicted molar refractivity (Wildman–Crippen MR) is 53.9 cm³/mol. The van der Waals surface area contributed by atoms with Crippen LogP contribution in [0.1, 0.15) is 19.4 Å². The number of aromatic nitrogens is 1. The van der Waals surface area contributed by atoms with Crippen LogP contribution in [0.3, 0.4) is 0 Å². The first kappa shape index (κ1) is 9.71. The second-order valence-electron chi connectivity index (χ2n) is 3.76. The van der Waals surface area contributed by atoms with Crippen LogP contribution in [0.4, 0.5) is 4.79 Å². The van der Waals surface area contributed by atoms with Gasteiger partial charge in [0.05, 0.1) is 0 Å². The van der Waals surface area contributed by atoms with Crippen LogP contribution < -0.4 is 0 Å². The third-order valence-corrected chi connectivity index (χ3v) is 2.11. The summed E-state index contributed by atoms with van der Waals surface area (Å²) in [6.45, 7) is 3.56. The van der Waals surface area contributed by atoms with Gasteiger partial charge in [-0.1, -0.05) is 6.07 Å². The zero-order chi connectivity index (χ0) is 10.9. The van der Waals surface area contributed by atoms with E-state index in [9.17, 15) is 4.79 Å². The van der Waals surface area contributed by atoms with E-state index in [1.807, 2.05) is 12.1 Å². The molecule has 1 aromatic rings. The molecule has 78 valence electrons. The van der Waals surface area contributed by atoms with Gasteiger partial charge < -0.3 is 9.47 Å². The maximum Gasteiger partial charge on any atom is 0.514 e. The van der Waals surface area contributed by atoms with Crippen LogP contribution in [0, 0.1) is 0 Å². The number of ether oxygens (including phenoxy) is 2. The van der Waals surface area contributed by atoms with E-state index in [-0.39, 0.29) is 0 Å². The molecule has 4 heteroatoms. The molecule has 0 radical (unpaired) electrons. The Morgan fingerprint density at radius 2 is 2.27 bits per heavy atom. The average molecular weight is 205 g/mol. The first-order valence-electron chi connectivity index (χ1n) is 4.61. The van der Waals surface area contributed by atoms with Gasteiger partial charge >= 0.3 is 6.16 Å². The minimum atomic E-state index is -0.701. The molecule has 15 heavy (non-hydrogen) atoms. The molecule has 4 nitrogen and oxygen atoms in total. The quantitative estimate of drug-likeness (QED) is 0.660. The van der Waals surface area contributed by atoms with Crippen LogP contribution in [0.5, 0.6) is 0 Å². The first-order valence-corrected chi connectivity index (χ1v) is 4.61. The molecule has 2 heterocycles. The summed E-state index contributed by atoms with van der Waals surface area (Å²) in [6, 6.07) is 3.69. The van der Waals surface area contributed by atoms with Gasteiger partial charge in [-0.05, 0) is 31.6 Å². The van der Waals surface area contributed by atoms with Gasteiger partial charge in [0.15, 0.2) is 11.4 Å². The van der Waals surface area contributed by atoms with E-state index >= 15 is 0 Å². The monoisotopic (exact) mass is 205 g/mol. The molecule has 0 amide bonds. The predicted octanol–water partition coefficient (Wildman–Crippen LogP) is 2.37. The van der Waals surface area contributed by atoms with Crippen LogP contribution in [-0.2, 0) is 9.47 Å². The molecule has 1 aliphatic rings. The molecule has 1 aromatic heterocycles. The van der Waals surface area contributed by atoms with Gasteiger partial charge in [0, 0.05) is 12.4 Å². The lowest BCUT2D eigenvalue weighted by atomic mass is 10.1. The van der Waals surface area contributed by atoms with Crippen molar-refractivity contribution in [1.29, 1.82) is 0 Å². The first-order chi connectivity index (χ1) is 7.08. The van der Waals surface area contributed by atoms with E-state index in [2.05, 4.69) is 4.98 Å². The minimum absolute atomic E-state index is 0.500. The standard InChI is InChI=1S/C11H11NO3/c1-11(2)9(14-10(13)15-11)6-8-4-3-5-12-7-8/h3-7H,1-2H3/b9-6-. The summed E-state index contributed by atoms with van der Waals surface area (Å²) in [5.74, 6) is 0.500. The highest BCUT2D eigenvalue weighted by atomic mass is 16.8. The molecule has 1 fully saturated rings. The van der Waals surface area contributed by atoms with E-state index in [1.165, 1.54) is 0 Å². The Balaban J connectivity index is 2.32. The van der Waals surface area contributed by atoms with Crippen molar-refractivity contribution in [3.63, 3.8) is 0 Å². The average Bonchev–Trinajstić information content (AvgIpc) is 2.41. The molecule has 0 spiro atoms. The smallest absolute Gasteiger partial charge is 0.420 e. The van der Waals surface area contributed by atoms with Crippen LogP contribution in [0.2, 0.25) is 0 Å².